The number of halogens is 1. The highest BCUT2D eigenvalue weighted by Gasteiger charge is 2.30. The first-order valence-electron chi connectivity index (χ1n) is 6.98. The van der Waals surface area contributed by atoms with Crippen molar-refractivity contribution in [3.8, 4) is 5.75 Å². The van der Waals surface area contributed by atoms with Crippen molar-refractivity contribution in [2.45, 2.75) is 4.90 Å². The number of hydrogen-bond acceptors (Lipinski definition) is 5. The Morgan fingerprint density at radius 2 is 2.00 bits per heavy atom. The SMILES string of the molecule is COc1ccc(/C=N\N(C)C2=NS(=O)(=O)c3ccccc32)cc1Br. The third kappa shape index (κ3) is 3.07. The van der Waals surface area contributed by atoms with Gasteiger partial charge in [-0.05, 0) is 51.8 Å². The molecule has 3 rings (SSSR count). The van der Waals surface area contributed by atoms with Crippen molar-refractivity contribution in [2.24, 2.45) is 9.50 Å². The Morgan fingerprint density at radius 1 is 1.25 bits per heavy atom. The van der Waals surface area contributed by atoms with Crippen LogP contribution in [0.25, 0.3) is 0 Å². The van der Waals surface area contributed by atoms with E-state index in [9.17, 15) is 8.42 Å². The molecule has 1 aliphatic rings. The molecule has 0 bridgehead atoms. The minimum absolute atomic E-state index is 0.203. The summed E-state index contributed by atoms with van der Waals surface area (Å²) in [7, 11) is -0.397. The number of amidine groups is 1. The highest BCUT2D eigenvalue weighted by molar-refractivity contribution is 9.10. The fourth-order valence-electron chi connectivity index (χ4n) is 2.29. The minimum atomic E-state index is -3.65. The fraction of sp³-hybridized carbons (Fsp3) is 0.125. The van der Waals surface area contributed by atoms with Gasteiger partial charge in [0.25, 0.3) is 10.0 Å². The van der Waals surface area contributed by atoms with E-state index in [0.29, 0.717) is 11.4 Å². The zero-order valence-corrected chi connectivity index (χ0v) is 15.4. The summed E-state index contributed by atoms with van der Waals surface area (Å²) >= 11 is 3.41. The Hall–Kier alpha value is -2.19. The summed E-state index contributed by atoms with van der Waals surface area (Å²) in [6, 6.07) is 12.2. The van der Waals surface area contributed by atoms with E-state index in [1.807, 2.05) is 18.2 Å². The predicted molar refractivity (Wildman–Crippen MR) is 96.2 cm³/mol. The number of methoxy groups -OCH3 is 1. The van der Waals surface area contributed by atoms with Crippen molar-refractivity contribution in [3.63, 3.8) is 0 Å². The summed E-state index contributed by atoms with van der Waals surface area (Å²) in [6.45, 7) is 0. The van der Waals surface area contributed by atoms with E-state index in [4.69, 9.17) is 4.74 Å². The summed E-state index contributed by atoms with van der Waals surface area (Å²) in [5.41, 5.74) is 1.39. The van der Waals surface area contributed by atoms with Crippen molar-refractivity contribution in [1.29, 1.82) is 0 Å². The average molecular weight is 408 g/mol. The van der Waals surface area contributed by atoms with Gasteiger partial charge in [0.05, 0.1) is 17.8 Å². The van der Waals surface area contributed by atoms with E-state index in [1.54, 1.807) is 44.6 Å². The first-order chi connectivity index (χ1) is 11.4. The zero-order chi connectivity index (χ0) is 17.3. The van der Waals surface area contributed by atoms with E-state index in [1.165, 1.54) is 5.01 Å². The van der Waals surface area contributed by atoms with Crippen LogP contribution in [0.4, 0.5) is 0 Å². The van der Waals surface area contributed by atoms with Gasteiger partial charge in [-0.15, -0.1) is 4.40 Å². The summed E-state index contributed by atoms with van der Waals surface area (Å²) in [5.74, 6) is 1.02. The number of nitrogens with zero attached hydrogens (tertiary/aromatic N) is 3. The lowest BCUT2D eigenvalue weighted by Crippen LogP contribution is -2.21. The number of hydrogen-bond donors (Lipinski definition) is 0. The van der Waals surface area contributed by atoms with Gasteiger partial charge >= 0.3 is 0 Å². The molecule has 1 aliphatic heterocycles. The second-order valence-electron chi connectivity index (χ2n) is 5.05. The van der Waals surface area contributed by atoms with Gasteiger partial charge in [0, 0.05) is 12.6 Å². The summed E-state index contributed by atoms with van der Waals surface area (Å²) < 4.78 is 33.9. The van der Waals surface area contributed by atoms with Gasteiger partial charge in [0.15, 0.2) is 5.84 Å². The molecule has 1 heterocycles. The summed E-state index contributed by atoms with van der Waals surface area (Å²) in [4.78, 5) is 0.203. The quantitative estimate of drug-likeness (QED) is 0.579. The molecular weight excluding hydrogens is 394 g/mol. The second-order valence-corrected chi connectivity index (χ2v) is 7.48. The van der Waals surface area contributed by atoms with Crippen LogP contribution >= 0.6 is 15.9 Å². The van der Waals surface area contributed by atoms with Crippen LogP contribution in [0.15, 0.2) is 61.3 Å². The Kier molecular flexibility index (Phi) is 4.42. The predicted octanol–water partition coefficient (Wildman–Crippen LogP) is 2.87. The van der Waals surface area contributed by atoms with Gasteiger partial charge in [-0.1, -0.05) is 12.1 Å². The Morgan fingerprint density at radius 3 is 2.71 bits per heavy atom. The largest absolute Gasteiger partial charge is 0.496 e. The van der Waals surface area contributed by atoms with Crippen LogP contribution in [-0.4, -0.2) is 39.6 Å². The second kappa shape index (κ2) is 6.37. The minimum Gasteiger partial charge on any atom is -0.496 e. The van der Waals surface area contributed by atoms with Gasteiger partial charge in [-0.3, -0.25) is 0 Å². The molecule has 124 valence electrons. The molecule has 0 aromatic heterocycles. The molecule has 0 atom stereocenters. The van der Waals surface area contributed by atoms with Crippen molar-refractivity contribution < 1.29 is 13.2 Å². The molecule has 0 spiro atoms. The first-order valence-corrected chi connectivity index (χ1v) is 9.21. The highest BCUT2D eigenvalue weighted by Crippen LogP contribution is 2.27. The maximum Gasteiger partial charge on any atom is 0.285 e. The van der Waals surface area contributed by atoms with E-state index in [2.05, 4.69) is 25.4 Å². The van der Waals surface area contributed by atoms with Crippen LogP contribution in [0.5, 0.6) is 5.75 Å². The number of benzene rings is 2. The normalized spacial score (nSPS) is 15.2. The van der Waals surface area contributed by atoms with Gasteiger partial charge in [-0.25, -0.2) is 5.01 Å². The first kappa shape index (κ1) is 16.7. The molecule has 0 aliphatic carbocycles. The fourth-order valence-corrected chi connectivity index (χ4v) is 4.08. The van der Waals surface area contributed by atoms with Gasteiger partial charge in [0.1, 0.15) is 10.6 Å². The third-order valence-electron chi connectivity index (χ3n) is 3.47. The summed E-state index contributed by atoms with van der Waals surface area (Å²) in [5, 5.41) is 5.73. The lowest BCUT2D eigenvalue weighted by molar-refractivity contribution is 0.412. The summed E-state index contributed by atoms with van der Waals surface area (Å²) in [6.07, 6.45) is 1.63. The van der Waals surface area contributed by atoms with E-state index in [0.717, 1.165) is 15.8 Å². The van der Waals surface area contributed by atoms with Crippen LogP contribution in [0.2, 0.25) is 0 Å². The lowest BCUT2D eigenvalue weighted by atomic mass is 10.2. The number of sulfonamides is 1. The van der Waals surface area contributed by atoms with Crippen LogP contribution < -0.4 is 4.74 Å². The molecular formula is C16H14BrN3O3S. The van der Waals surface area contributed by atoms with Gasteiger partial charge in [-0.2, -0.15) is 13.5 Å². The molecule has 0 saturated carbocycles. The Balaban J connectivity index is 1.88. The van der Waals surface area contributed by atoms with Crippen molar-refractivity contribution >= 4 is 38.0 Å². The molecule has 8 heteroatoms. The molecule has 0 N–H and O–H groups in total. The molecule has 24 heavy (non-hydrogen) atoms. The number of fused-ring (bicyclic) bond motifs is 1. The van der Waals surface area contributed by atoms with Crippen LogP contribution in [0, 0.1) is 0 Å². The van der Waals surface area contributed by atoms with Crippen molar-refractivity contribution in [2.75, 3.05) is 14.2 Å². The lowest BCUT2D eigenvalue weighted by Gasteiger charge is -2.12. The number of ether oxygens (including phenoxy) is 1. The maximum atomic E-state index is 12.1. The number of hydrazone groups is 1. The van der Waals surface area contributed by atoms with Crippen LogP contribution in [-0.2, 0) is 10.0 Å². The molecule has 0 radical (unpaired) electrons. The number of rotatable bonds is 3. The van der Waals surface area contributed by atoms with E-state index >= 15 is 0 Å². The molecule has 0 fully saturated rings. The zero-order valence-electron chi connectivity index (χ0n) is 13.0. The molecule has 6 nitrogen and oxygen atoms in total. The maximum absolute atomic E-state index is 12.1. The van der Waals surface area contributed by atoms with Crippen molar-refractivity contribution in [1.82, 2.24) is 5.01 Å². The average Bonchev–Trinajstić information content (AvgIpc) is 2.85. The van der Waals surface area contributed by atoms with Crippen LogP contribution in [0.3, 0.4) is 0 Å². The molecule has 0 unspecified atom stereocenters. The Bertz CT molecular complexity index is 955. The topological polar surface area (TPSA) is 71.3 Å². The monoisotopic (exact) mass is 407 g/mol. The Labute approximate surface area is 148 Å². The third-order valence-corrected chi connectivity index (χ3v) is 5.42. The van der Waals surface area contributed by atoms with Gasteiger partial charge < -0.3 is 4.74 Å². The molecule has 2 aromatic carbocycles. The smallest absolute Gasteiger partial charge is 0.285 e. The van der Waals surface area contributed by atoms with E-state index < -0.39 is 10.0 Å². The highest BCUT2D eigenvalue weighted by atomic mass is 79.9. The van der Waals surface area contributed by atoms with Crippen LogP contribution in [0.1, 0.15) is 11.1 Å². The van der Waals surface area contributed by atoms with Crippen molar-refractivity contribution in [3.05, 3.63) is 58.1 Å². The van der Waals surface area contributed by atoms with Gasteiger partial charge in [0.2, 0.25) is 0 Å². The molecule has 0 amide bonds. The molecule has 0 saturated heterocycles. The standard InChI is InChI=1S/C16H14BrN3O3S/c1-20(18-10-11-7-8-14(23-2)13(17)9-11)16-12-5-3-4-6-15(12)24(21,22)19-16/h3-10H,1-2H3/b18-10-. The van der Waals surface area contributed by atoms with E-state index in [-0.39, 0.29) is 4.90 Å². The molecule has 2 aromatic rings.